The quantitative estimate of drug-likeness (QED) is 0.0365. The predicted octanol–water partition coefficient (Wildman–Crippen LogP) is 8.04. The summed E-state index contributed by atoms with van der Waals surface area (Å²) in [6.45, 7) is 10.7. The number of hydrogen-bond acceptors (Lipinski definition) is 12. The zero-order valence-corrected chi connectivity index (χ0v) is 42.1. The van der Waals surface area contributed by atoms with Crippen molar-refractivity contribution in [3.05, 3.63) is 132 Å². The maximum Gasteiger partial charge on any atom is 2.00 e. The standard InChI is InChI=1S/2C25H27F3N2O5.Ca/c2*1-4-33-22-17(16-30(29-22)19-12-10-18(11-13-19)25(26,27)28)7-6-14-34-20-8-5-9-21(15-20)35-24(2,3)23(31)32;/h2*5,8-13,15-16H,4,6-7,14H2,1-3H3,(H,31,32);/q;;+2/p-2. The molecule has 0 N–H and O–H groups in total. The molecule has 0 aliphatic carbocycles. The molecule has 0 fully saturated rings. The molecule has 6 aromatic rings. The van der Waals surface area contributed by atoms with Crippen LogP contribution in [0.25, 0.3) is 11.4 Å². The van der Waals surface area contributed by atoms with Crippen molar-refractivity contribution in [2.24, 2.45) is 0 Å². The van der Waals surface area contributed by atoms with Crippen molar-refractivity contribution < 1.29 is 74.6 Å². The van der Waals surface area contributed by atoms with Gasteiger partial charge < -0.3 is 48.2 Å². The number of aromatic nitrogens is 4. The molecule has 0 aliphatic heterocycles. The van der Waals surface area contributed by atoms with Gasteiger partial charge in [0, 0.05) is 35.7 Å². The van der Waals surface area contributed by atoms with Gasteiger partial charge in [-0.25, -0.2) is 9.36 Å². The molecule has 4 aromatic carbocycles. The monoisotopic (exact) mass is 1020 g/mol. The van der Waals surface area contributed by atoms with Crippen LogP contribution in [0.4, 0.5) is 26.3 Å². The van der Waals surface area contributed by atoms with Crippen molar-refractivity contribution in [2.75, 3.05) is 26.4 Å². The molecule has 6 rings (SSSR count). The number of ether oxygens (including phenoxy) is 6. The van der Waals surface area contributed by atoms with Gasteiger partial charge in [-0.15, -0.1) is 10.2 Å². The second-order valence-electron chi connectivity index (χ2n) is 16.4. The molecule has 0 radical (unpaired) electrons. The minimum atomic E-state index is -4.40. The first-order valence-corrected chi connectivity index (χ1v) is 22.0. The minimum Gasteiger partial charge on any atom is -0.546 e. The van der Waals surface area contributed by atoms with Crippen molar-refractivity contribution >= 4 is 49.7 Å². The molecular weight excluding hydrogens is 971 g/mol. The molecule has 0 spiro atoms. The summed E-state index contributed by atoms with van der Waals surface area (Å²) < 4.78 is 114. The van der Waals surface area contributed by atoms with Crippen molar-refractivity contribution in [2.45, 2.75) is 90.8 Å². The number of nitrogens with zero attached hydrogens (tertiary/aromatic N) is 4. The SMILES string of the molecule is CCOc1nn(-c2ccc(C(F)(F)F)cc2)cc1CCCOc1cccc(OC(C)(C)C(=O)[O-])c1.CCOc1nn(-c2ccc(C(F)(F)F)cc2)cc1CCCOc1cccc(OC(C)(C)C(=O)[O-])c1.[Ca+2]. The first-order valence-electron chi connectivity index (χ1n) is 22.0. The zero-order chi connectivity index (χ0) is 51.3. The smallest absolute Gasteiger partial charge is 0.546 e. The van der Waals surface area contributed by atoms with Crippen molar-refractivity contribution in [1.82, 2.24) is 19.6 Å². The molecule has 0 saturated heterocycles. The van der Waals surface area contributed by atoms with Gasteiger partial charge >= 0.3 is 50.1 Å². The number of carbonyl (C=O) groups excluding carboxylic acids is 2. The van der Waals surface area contributed by atoms with Crippen LogP contribution in [-0.4, -0.2) is 107 Å². The molecular formula is C50H52CaF6N4O10. The van der Waals surface area contributed by atoms with Crippen molar-refractivity contribution in [1.29, 1.82) is 0 Å². The first-order chi connectivity index (χ1) is 33.0. The second kappa shape index (κ2) is 25.3. The van der Waals surface area contributed by atoms with Gasteiger partial charge in [-0.2, -0.15) is 26.3 Å². The third kappa shape index (κ3) is 17.0. The normalized spacial score (nSPS) is 11.7. The number of carbonyl (C=O) groups is 2. The molecule has 376 valence electrons. The maximum absolute atomic E-state index is 12.8. The van der Waals surface area contributed by atoms with Gasteiger partial charge in [0.25, 0.3) is 0 Å². The van der Waals surface area contributed by atoms with Crippen LogP contribution in [0.15, 0.2) is 109 Å². The molecule has 0 saturated carbocycles. The number of rotatable bonds is 22. The van der Waals surface area contributed by atoms with Crippen LogP contribution in [0, 0.1) is 0 Å². The van der Waals surface area contributed by atoms with E-state index in [0.717, 1.165) is 35.4 Å². The third-order valence-electron chi connectivity index (χ3n) is 10.0. The summed E-state index contributed by atoms with van der Waals surface area (Å²) in [5.41, 5.74) is -1.87. The van der Waals surface area contributed by atoms with E-state index >= 15 is 0 Å². The van der Waals surface area contributed by atoms with Crippen LogP contribution in [0.2, 0.25) is 0 Å². The van der Waals surface area contributed by atoms with E-state index in [4.69, 9.17) is 28.4 Å². The number of aliphatic carboxylic acids is 2. The van der Waals surface area contributed by atoms with E-state index in [-0.39, 0.29) is 37.7 Å². The minimum absolute atomic E-state index is 0. The Morgan fingerprint density at radius 3 is 1.18 bits per heavy atom. The Morgan fingerprint density at radius 1 is 0.535 bits per heavy atom. The summed E-state index contributed by atoms with van der Waals surface area (Å²) in [6, 6.07) is 22.8. The van der Waals surface area contributed by atoms with Crippen LogP contribution in [0.5, 0.6) is 34.8 Å². The van der Waals surface area contributed by atoms with Gasteiger partial charge in [-0.1, -0.05) is 12.1 Å². The molecule has 0 unspecified atom stereocenters. The van der Waals surface area contributed by atoms with Gasteiger partial charge in [0.15, 0.2) is 0 Å². The first kappa shape index (κ1) is 57.5. The molecule has 0 aliphatic rings. The summed E-state index contributed by atoms with van der Waals surface area (Å²) in [4.78, 5) is 22.3. The topological polar surface area (TPSA) is 171 Å². The van der Waals surface area contributed by atoms with E-state index in [1.54, 1.807) is 60.9 Å². The Hall–Kier alpha value is -6.12. The number of alkyl halides is 6. The Kier molecular flexibility index (Phi) is 20.5. The second-order valence-corrected chi connectivity index (χ2v) is 16.4. The fourth-order valence-corrected chi connectivity index (χ4v) is 6.35. The Morgan fingerprint density at radius 2 is 0.873 bits per heavy atom. The van der Waals surface area contributed by atoms with Crippen LogP contribution in [0.1, 0.15) is 76.6 Å². The van der Waals surface area contributed by atoms with Gasteiger partial charge in [0.1, 0.15) is 34.2 Å². The van der Waals surface area contributed by atoms with Crippen molar-refractivity contribution in [3.63, 3.8) is 0 Å². The van der Waals surface area contributed by atoms with E-state index < -0.39 is 46.6 Å². The Balaban J connectivity index is 0.000000304. The fourth-order valence-electron chi connectivity index (χ4n) is 6.35. The van der Waals surface area contributed by atoms with Crippen LogP contribution in [0.3, 0.4) is 0 Å². The van der Waals surface area contributed by atoms with E-state index in [9.17, 15) is 46.1 Å². The number of halogens is 6. The zero-order valence-electron chi connectivity index (χ0n) is 39.9. The molecule has 0 atom stereocenters. The van der Waals surface area contributed by atoms with Crippen LogP contribution in [-0.2, 0) is 34.8 Å². The average Bonchev–Trinajstić information content (AvgIpc) is 3.90. The van der Waals surface area contributed by atoms with Gasteiger partial charge in [0.05, 0.1) is 60.9 Å². The maximum atomic E-state index is 12.8. The molecule has 2 aromatic heterocycles. The van der Waals surface area contributed by atoms with E-state index in [1.807, 2.05) is 13.8 Å². The summed E-state index contributed by atoms with van der Waals surface area (Å²) >= 11 is 0. The number of aryl methyl sites for hydroxylation is 2. The van der Waals surface area contributed by atoms with E-state index in [0.29, 0.717) is 98.2 Å². The van der Waals surface area contributed by atoms with E-state index in [1.165, 1.54) is 61.3 Å². The third-order valence-corrected chi connectivity index (χ3v) is 10.0. The average molecular weight is 1020 g/mol. The van der Waals surface area contributed by atoms with Gasteiger partial charge in [-0.05, 0) is 140 Å². The number of carboxylic acids is 2. The van der Waals surface area contributed by atoms with Crippen LogP contribution < -0.4 is 38.6 Å². The molecule has 2 heterocycles. The van der Waals surface area contributed by atoms with Gasteiger partial charge in [0.2, 0.25) is 11.8 Å². The number of carboxylic acid groups (broad SMARTS) is 2. The summed E-state index contributed by atoms with van der Waals surface area (Å²) in [7, 11) is 0. The molecule has 0 bridgehead atoms. The summed E-state index contributed by atoms with van der Waals surface area (Å²) in [5, 5.41) is 31.0. The molecule has 21 heteroatoms. The molecule has 71 heavy (non-hydrogen) atoms. The number of benzene rings is 4. The Labute approximate surface area is 436 Å². The van der Waals surface area contributed by atoms with Crippen molar-refractivity contribution in [3.8, 4) is 46.1 Å². The summed E-state index contributed by atoms with van der Waals surface area (Å²) in [6.07, 6.45) is -3.02. The van der Waals surface area contributed by atoms with Gasteiger partial charge in [-0.3, -0.25) is 0 Å². The van der Waals surface area contributed by atoms with E-state index in [2.05, 4.69) is 10.2 Å². The molecule has 0 amide bonds. The number of hydrogen-bond donors (Lipinski definition) is 0. The largest absolute Gasteiger partial charge is 2.00 e. The van der Waals surface area contributed by atoms with Crippen LogP contribution >= 0.6 is 0 Å². The fraction of sp³-hybridized carbons (Fsp3) is 0.360. The molecule has 14 nitrogen and oxygen atoms in total. The Bertz CT molecular complexity index is 2470. The predicted molar refractivity (Wildman–Crippen MR) is 245 cm³/mol. The summed E-state index contributed by atoms with van der Waals surface area (Å²) in [5.74, 6) is -0.123.